The Bertz CT molecular complexity index is 3560. The van der Waals surface area contributed by atoms with Crippen molar-refractivity contribution in [3.63, 3.8) is 0 Å². The van der Waals surface area contributed by atoms with Crippen LogP contribution in [0.2, 0.25) is 0 Å². The van der Waals surface area contributed by atoms with Gasteiger partial charge in [-0.1, -0.05) is 0 Å². The monoisotopic (exact) mass is 922 g/mol. The number of benzene rings is 8. The highest BCUT2D eigenvalue weighted by Gasteiger charge is 2.41. The first-order valence-electron chi connectivity index (χ1n) is 17.6. The third kappa shape index (κ3) is 4.70. The van der Waals surface area contributed by atoms with Crippen LogP contribution in [0.25, 0.3) is 76.5 Å². The highest BCUT2D eigenvalue weighted by atomic mass is 16.4. The molecule has 8 aromatic rings. The minimum Gasteiger partial charge on any atom is -0.506 e. The summed E-state index contributed by atoms with van der Waals surface area (Å²) < 4.78 is 0. The summed E-state index contributed by atoms with van der Waals surface area (Å²) in [6.07, 6.45) is 0. The van der Waals surface area contributed by atoms with E-state index < -0.39 is 226 Å². The second-order valence-corrected chi connectivity index (χ2v) is 14.3. The maximum Gasteiger partial charge on any atom is 0.205 e. The van der Waals surface area contributed by atoms with Gasteiger partial charge in [-0.05, 0) is 0 Å². The van der Waals surface area contributed by atoms with Crippen LogP contribution in [0.4, 0.5) is 0 Å². The molecule has 8 rings (SSSR count). The van der Waals surface area contributed by atoms with Crippen LogP contribution in [-0.2, 0) is 0 Å². The Balaban J connectivity index is 1.80. The molecule has 0 aliphatic carbocycles. The second-order valence-electron chi connectivity index (χ2n) is 14.3. The van der Waals surface area contributed by atoms with E-state index in [4.69, 9.17) is 0 Å². The molecule has 26 heteroatoms. The van der Waals surface area contributed by atoms with E-state index in [-0.39, 0.29) is 0 Å². The van der Waals surface area contributed by atoms with Crippen molar-refractivity contribution in [3.8, 4) is 183 Å². The summed E-state index contributed by atoms with van der Waals surface area (Å²) in [6.45, 7) is 0. The Hall–Kier alpha value is -10.4. The molecule has 0 saturated heterocycles. The number of phenols is 26. The van der Waals surface area contributed by atoms with Gasteiger partial charge in [-0.3, -0.25) is 0 Å². The summed E-state index contributed by atoms with van der Waals surface area (Å²) in [5.41, 5.74) is -9.22. The van der Waals surface area contributed by atoms with Crippen molar-refractivity contribution in [1.29, 1.82) is 0 Å². The third-order valence-electron chi connectivity index (χ3n) is 11.1. The van der Waals surface area contributed by atoms with Crippen LogP contribution >= 0.6 is 0 Å². The largest absolute Gasteiger partial charge is 0.506 e. The van der Waals surface area contributed by atoms with Gasteiger partial charge in [0.15, 0.2) is 80.5 Å². The van der Waals surface area contributed by atoms with E-state index in [1.54, 1.807) is 0 Å². The summed E-state index contributed by atoms with van der Waals surface area (Å²) in [4.78, 5) is 0. The van der Waals surface area contributed by atoms with E-state index >= 15 is 0 Å². The van der Waals surface area contributed by atoms with Gasteiger partial charge in [0.2, 0.25) is 63.2 Å². The van der Waals surface area contributed by atoms with Gasteiger partial charge in [0.1, 0.15) is 5.75 Å². The van der Waals surface area contributed by atoms with Crippen LogP contribution in [0.5, 0.6) is 149 Å². The Labute approximate surface area is 358 Å². The van der Waals surface area contributed by atoms with Crippen molar-refractivity contribution in [2.75, 3.05) is 0 Å². The summed E-state index contributed by atoms with van der Waals surface area (Å²) >= 11 is 0. The lowest BCUT2D eigenvalue weighted by Gasteiger charge is -2.26. The average molecular weight is 923 g/mol. The SMILES string of the molecule is Oc1c(O)c(O)c(-c2c3c(O)c(O)c(O)c(O)c3c(-c3c(O)c(O)c(O)c4c(O)c(O)c(O)c(O)c34)c3c(O)c(O)c(O)c(O)c23)c(-c2c(O)c(O)c3c(O)c(O)c(O)c(O)c3c2O)c1O. The zero-order chi connectivity index (χ0) is 49.1. The summed E-state index contributed by atoms with van der Waals surface area (Å²) in [5, 5.41) is 277. The molecule has 0 bridgehead atoms. The van der Waals surface area contributed by atoms with Crippen LogP contribution in [0.1, 0.15) is 0 Å². The molecule has 0 aliphatic rings. The van der Waals surface area contributed by atoms with Crippen LogP contribution in [0, 0.1) is 0 Å². The Morgan fingerprint density at radius 2 is 0.242 bits per heavy atom. The van der Waals surface area contributed by atoms with Gasteiger partial charge in [0.25, 0.3) is 0 Å². The lowest BCUT2D eigenvalue weighted by molar-refractivity contribution is 0.346. The van der Waals surface area contributed by atoms with Crippen molar-refractivity contribution in [1.82, 2.24) is 0 Å². The van der Waals surface area contributed by atoms with Crippen molar-refractivity contribution < 1.29 is 133 Å². The van der Waals surface area contributed by atoms with Gasteiger partial charge < -0.3 is 133 Å². The van der Waals surface area contributed by atoms with Crippen molar-refractivity contribution in [2.24, 2.45) is 0 Å². The Kier molecular flexibility index (Phi) is 8.37. The minimum absolute atomic E-state index is 1.26. The number of hydrogen-bond donors (Lipinski definition) is 26. The molecule has 342 valence electrons. The second kappa shape index (κ2) is 13.1. The standard InChI is InChI=1S/C40H26O26/c41-15-11(24(50)25(51)14-13(15)28(54)39(65)40(66)29(14)55)9-7(21(47)35(61)36(62)22(9)48)1-3-5(19(45)33(59)31(57)17(3)43)2(6-4(1)18(44)32(58)34(60)20(6)46)8-10-12(26(52)30(56)16(8)42)27(53)38(64)37(63)23(10)49/h41-66H. The third-order valence-corrected chi connectivity index (χ3v) is 11.1. The van der Waals surface area contributed by atoms with Gasteiger partial charge >= 0.3 is 0 Å². The van der Waals surface area contributed by atoms with Gasteiger partial charge in [0.05, 0.1) is 21.7 Å². The maximum absolute atomic E-state index is 11.8. The van der Waals surface area contributed by atoms with E-state index in [9.17, 15) is 133 Å². The first kappa shape index (κ1) is 42.3. The van der Waals surface area contributed by atoms with E-state index in [1.165, 1.54) is 0 Å². The van der Waals surface area contributed by atoms with Crippen LogP contribution < -0.4 is 0 Å². The predicted octanol–water partition coefficient (Wildman–Crippen LogP) is 3.65. The molecule has 0 aliphatic heterocycles. The molecule has 0 aromatic heterocycles. The molecule has 8 aromatic carbocycles. The van der Waals surface area contributed by atoms with Gasteiger partial charge in [-0.2, -0.15) is 0 Å². The molecule has 0 heterocycles. The van der Waals surface area contributed by atoms with E-state index in [0.29, 0.717) is 0 Å². The molecule has 26 nitrogen and oxygen atoms in total. The zero-order valence-corrected chi connectivity index (χ0v) is 31.6. The zero-order valence-electron chi connectivity index (χ0n) is 31.6. The van der Waals surface area contributed by atoms with Gasteiger partial charge in [-0.15, -0.1) is 0 Å². The number of rotatable bonds is 3. The number of fused-ring (bicyclic) bond motifs is 4. The first-order chi connectivity index (χ1) is 30.7. The Morgan fingerprint density at radius 3 is 0.561 bits per heavy atom. The summed E-state index contributed by atoms with van der Waals surface area (Å²) in [6, 6.07) is 0. The highest BCUT2D eigenvalue weighted by molar-refractivity contribution is 6.33. The average Bonchev–Trinajstić information content (AvgIpc) is 3.28. The molecular weight excluding hydrogens is 896 g/mol. The Morgan fingerprint density at radius 1 is 0.0909 bits per heavy atom. The maximum atomic E-state index is 11.8. The fourth-order valence-electron chi connectivity index (χ4n) is 8.06. The van der Waals surface area contributed by atoms with Crippen LogP contribution in [-0.4, -0.2) is 133 Å². The van der Waals surface area contributed by atoms with E-state index in [0.717, 1.165) is 0 Å². The lowest BCUT2D eigenvalue weighted by Crippen LogP contribution is -1.98. The number of phenolic OH excluding ortho intramolecular Hbond substituents is 26. The lowest BCUT2D eigenvalue weighted by atomic mass is 9.79. The van der Waals surface area contributed by atoms with Gasteiger partial charge in [-0.25, -0.2) is 0 Å². The molecule has 0 radical (unpaired) electrons. The molecule has 0 saturated carbocycles. The molecule has 66 heavy (non-hydrogen) atoms. The molecule has 26 N–H and O–H groups in total. The normalized spacial score (nSPS) is 11.7. The molecule has 0 fully saturated rings. The van der Waals surface area contributed by atoms with Crippen LogP contribution in [0.15, 0.2) is 0 Å². The minimum atomic E-state index is -1.90. The fraction of sp³-hybridized carbons (Fsp3) is 0. The summed E-state index contributed by atoms with van der Waals surface area (Å²) in [7, 11) is 0. The molecular formula is C40H26O26. The predicted molar refractivity (Wildman–Crippen MR) is 216 cm³/mol. The number of hydrogen-bond acceptors (Lipinski definition) is 26. The topological polar surface area (TPSA) is 526 Å². The molecule has 0 unspecified atom stereocenters. The number of aromatic hydroxyl groups is 26. The highest BCUT2D eigenvalue weighted by Crippen LogP contribution is 2.70. The van der Waals surface area contributed by atoms with Gasteiger partial charge in [0, 0.05) is 54.7 Å². The van der Waals surface area contributed by atoms with E-state index in [1.807, 2.05) is 0 Å². The van der Waals surface area contributed by atoms with E-state index in [2.05, 4.69) is 0 Å². The van der Waals surface area contributed by atoms with Crippen molar-refractivity contribution in [2.45, 2.75) is 0 Å². The smallest absolute Gasteiger partial charge is 0.205 e. The van der Waals surface area contributed by atoms with Crippen molar-refractivity contribution in [3.05, 3.63) is 0 Å². The molecule has 0 amide bonds. The fourth-order valence-corrected chi connectivity index (χ4v) is 8.06. The van der Waals surface area contributed by atoms with Crippen LogP contribution in [0.3, 0.4) is 0 Å². The summed E-state index contributed by atoms with van der Waals surface area (Å²) in [5.74, 6) is -45.2. The molecule has 0 atom stereocenters. The quantitative estimate of drug-likeness (QED) is 0.0683. The van der Waals surface area contributed by atoms with Crippen molar-refractivity contribution >= 4 is 43.1 Å². The molecule has 0 spiro atoms. The first-order valence-corrected chi connectivity index (χ1v) is 17.6.